The van der Waals surface area contributed by atoms with Gasteiger partial charge in [-0.05, 0) is 56.2 Å². The smallest absolute Gasteiger partial charge is 0.289 e. The summed E-state index contributed by atoms with van der Waals surface area (Å²) in [7, 11) is 0. The molecule has 1 amide bonds. The van der Waals surface area contributed by atoms with Crippen LogP contribution in [0.4, 0.5) is 11.4 Å². The third-order valence-electron chi connectivity index (χ3n) is 4.97. The van der Waals surface area contributed by atoms with Crippen LogP contribution < -0.4 is 10.1 Å². The number of carbonyl (C=O) groups is 1. The first-order valence-corrected chi connectivity index (χ1v) is 11.7. The molecule has 0 spiro atoms. The Bertz CT molecular complexity index is 1230. The third kappa shape index (κ3) is 6.15. The number of nitro groups is 1. The van der Waals surface area contributed by atoms with E-state index in [4.69, 9.17) is 16.3 Å². The standard InChI is InChI=1S/C23H24ClN5O4S/c1-5-10-28-22(16(4)33-18-8-6-14(2)15(3)11-18)26-27-23(28)34-13-21(30)25-17-7-9-19(24)20(12-17)29(31)32/h5-9,11-12,16H,1,10,13H2,2-4H3,(H,25,30). The van der Waals surface area contributed by atoms with Crippen molar-refractivity contribution in [3.05, 3.63) is 81.1 Å². The number of benzene rings is 2. The highest BCUT2D eigenvalue weighted by Crippen LogP contribution is 2.28. The largest absolute Gasteiger partial charge is 0.483 e. The molecule has 3 rings (SSSR count). The average Bonchev–Trinajstić information content (AvgIpc) is 3.19. The number of anilines is 1. The Balaban J connectivity index is 1.68. The molecule has 1 aromatic heterocycles. The Labute approximate surface area is 206 Å². The van der Waals surface area contributed by atoms with Crippen molar-refractivity contribution in [3.8, 4) is 5.75 Å². The number of thioether (sulfide) groups is 1. The highest BCUT2D eigenvalue weighted by atomic mass is 35.5. The minimum absolute atomic E-state index is 0.000401. The molecule has 1 N–H and O–H groups in total. The molecule has 34 heavy (non-hydrogen) atoms. The third-order valence-corrected chi connectivity index (χ3v) is 6.26. The van der Waals surface area contributed by atoms with E-state index in [1.54, 1.807) is 6.08 Å². The maximum atomic E-state index is 12.4. The fraction of sp³-hybridized carbons (Fsp3) is 0.261. The van der Waals surface area contributed by atoms with Crippen molar-refractivity contribution < 1.29 is 14.5 Å². The van der Waals surface area contributed by atoms with Crippen LogP contribution >= 0.6 is 23.4 Å². The van der Waals surface area contributed by atoms with Crippen LogP contribution in [0.3, 0.4) is 0 Å². The van der Waals surface area contributed by atoms with Crippen LogP contribution in [0.1, 0.15) is 30.0 Å². The second kappa shape index (κ2) is 11.2. The lowest BCUT2D eigenvalue weighted by atomic mass is 10.1. The zero-order valence-corrected chi connectivity index (χ0v) is 20.5. The number of rotatable bonds is 10. The van der Waals surface area contributed by atoms with Gasteiger partial charge in [-0.15, -0.1) is 16.8 Å². The van der Waals surface area contributed by atoms with Gasteiger partial charge in [0, 0.05) is 18.3 Å². The summed E-state index contributed by atoms with van der Waals surface area (Å²) in [6, 6.07) is 9.97. The summed E-state index contributed by atoms with van der Waals surface area (Å²) < 4.78 is 7.91. The number of allylic oxidation sites excluding steroid dienone is 1. The number of ether oxygens (including phenoxy) is 1. The van der Waals surface area contributed by atoms with E-state index in [2.05, 4.69) is 22.1 Å². The van der Waals surface area contributed by atoms with Gasteiger partial charge < -0.3 is 10.1 Å². The molecule has 1 heterocycles. The molecule has 0 fully saturated rings. The topological polar surface area (TPSA) is 112 Å². The van der Waals surface area contributed by atoms with Gasteiger partial charge in [-0.2, -0.15) is 0 Å². The normalized spacial score (nSPS) is 11.6. The molecule has 0 aliphatic rings. The van der Waals surface area contributed by atoms with Gasteiger partial charge in [0.15, 0.2) is 17.1 Å². The summed E-state index contributed by atoms with van der Waals surface area (Å²) in [4.78, 5) is 22.9. The van der Waals surface area contributed by atoms with Crippen LogP contribution in [0.5, 0.6) is 5.75 Å². The molecule has 0 saturated carbocycles. The number of aromatic nitrogens is 3. The lowest BCUT2D eigenvalue weighted by Gasteiger charge is -2.16. The molecule has 11 heteroatoms. The molecule has 0 aliphatic carbocycles. The number of hydrogen-bond donors (Lipinski definition) is 1. The lowest BCUT2D eigenvalue weighted by molar-refractivity contribution is -0.384. The first-order valence-electron chi connectivity index (χ1n) is 10.3. The summed E-state index contributed by atoms with van der Waals surface area (Å²) >= 11 is 7.01. The van der Waals surface area contributed by atoms with E-state index >= 15 is 0 Å². The average molecular weight is 502 g/mol. The Kier molecular flexibility index (Phi) is 8.30. The molecular weight excluding hydrogens is 478 g/mol. The number of halogens is 1. The summed E-state index contributed by atoms with van der Waals surface area (Å²) in [6.45, 7) is 10.2. The Hall–Kier alpha value is -3.37. The zero-order chi connectivity index (χ0) is 24.8. The Morgan fingerprint density at radius 1 is 1.29 bits per heavy atom. The first-order chi connectivity index (χ1) is 16.2. The van der Waals surface area contributed by atoms with E-state index in [1.165, 1.54) is 35.5 Å². The molecule has 3 aromatic rings. The van der Waals surface area contributed by atoms with Crippen molar-refractivity contribution in [2.75, 3.05) is 11.1 Å². The van der Waals surface area contributed by atoms with E-state index in [0.717, 1.165) is 11.3 Å². The van der Waals surface area contributed by atoms with E-state index in [0.29, 0.717) is 17.5 Å². The van der Waals surface area contributed by atoms with E-state index in [-0.39, 0.29) is 34.2 Å². The Morgan fingerprint density at radius 3 is 2.74 bits per heavy atom. The molecule has 0 saturated heterocycles. The van der Waals surface area contributed by atoms with Crippen molar-refractivity contribution >= 4 is 40.6 Å². The van der Waals surface area contributed by atoms with Gasteiger partial charge in [-0.3, -0.25) is 19.5 Å². The van der Waals surface area contributed by atoms with Crippen molar-refractivity contribution in [2.24, 2.45) is 0 Å². The fourth-order valence-electron chi connectivity index (χ4n) is 3.11. The molecular formula is C23H24ClN5O4S. The van der Waals surface area contributed by atoms with Gasteiger partial charge in [0.1, 0.15) is 10.8 Å². The second-order valence-corrected chi connectivity index (χ2v) is 8.86. The number of hydrogen-bond acceptors (Lipinski definition) is 7. The second-order valence-electron chi connectivity index (χ2n) is 7.51. The lowest BCUT2D eigenvalue weighted by Crippen LogP contribution is -2.15. The highest BCUT2D eigenvalue weighted by Gasteiger charge is 2.20. The molecule has 2 aromatic carbocycles. The van der Waals surface area contributed by atoms with E-state index < -0.39 is 4.92 Å². The number of carbonyl (C=O) groups excluding carboxylic acids is 1. The van der Waals surface area contributed by atoms with Crippen LogP contribution in [0.2, 0.25) is 5.02 Å². The maximum Gasteiger partial charge on any atom is 0.289 e. The zero-order valence-electron chi connectivity index (χ0n) is 18.9. The molecule has 9 nitrogen and oxygen atoms in total. The Morgan fingerprint density at radius 2 is 2.06 bits per heavy atom. The first kappa shape index (κ1) is 25.3. The predicted octanol–water partition coefficient (Wildman–Crippen LogP) is 5.51. The van der Waals surface area contributed by atoms with Gasteiger partial charge >= 0.3 is 0 Å². The van der Waals surface area contributed by atoms with Crippen molar-refractivity contribution in [3.63, 3.8) is 0 Å². The van der Waals surface area contributed by atoms with Crippen LogP contribution in [-0.4, -0.2) is 31.3 Å². The quantitative estimate of drug-likeness (QED) is 0.168. The van der Waals surface area contributed by atoms with Crippen molar-refractivity contribution in [2.45, 2.75) is 38.6 Å². The highest BCUT2D eigenvalue weighted by molar-refractivity contribution is 7.99. The van der Waals surface area contributed by atoms with Crippen LogP contribution in [0, 0.1) is 24.0 Å². The summed E-state index contributed by atoms with van der Waals surface area (Å²) in [6.07, 6.45) is 1.33. The summed E-state index contributed by atoms with van der Waals surface area (Å²) in [5, 5.41) is 22.7. The van der Waals surface area contributed by atoms with E-state index in [1.807, 2.05) is 43.5 Å². The predicted molar refractivity (Wildman–Crippen MR) is 133 cm³/mol. The minimum Gasteiger partial charge on any atom is -0.483 e. The van der Waals surface area contributed by atoms with Gasteiger partial charge in [-0.25, -0.2) is 0 Å². The maximum absolute atomic E-state index is 12.4. The number of nitrogens with zero attached hydrogens (tertiary/aromatic N) is 4. The SMILES string of the molecule is C=CCn1c(SCC(=O)Nc2ccc(Cl)c([N+](=O)[O-])c2)nnc1C(C)Oc1ccc(C)c(C)c1. The number of aryl methyl sites for hydroxylation is 2. The van der Waals surface area contributed by atoms with Crippen molar-refractivity contribution in [1.29, 1.82) is 0 Å². The number of nitrogens with one attached hydrogen (secondary N) is 1. The summed E-state index contributed by atoms with van der Waals surface area (Å²) in [5.41, 5.74) is 2.32. The van der Waals surface area contributed by atoms with Gasteiger partial charge in [0.25, 0.3) is 5.69 Å². The molecule has 0 bridgehead atoms. The minimum atomic E-state index is -0.604. The van der Waals surface area contributed by atoms with Gasteiger partial charge in [0.2, 0.25) is 5.91 Å². The molecule has 0 aliphatic heterocycles. The number of amides is 1. The van der Waals surface area contributed by atoms with Crippen molar-refractivity contribution in [1.82, 2.24) is 14.8 Å². The molecule has 1 unspecified atom stereocenters. The number of nitro benzene ring substituents is 1. The van der Waals surface area contributed by atoms with E-state index in [9.17, 15) is 14.9 Å². The molecule has 0 radical (unpaired) electrons. The van der Waals surface area contributed by atoms with Crippen LogP contribution in [0.15, 0.2) is 54.2 Å². The van der Waals surface area contributed by atoms with Crippen LogP contribution in [0.25, 0.3) is 0 Å². The fourth-order valence-corrected chi connectivity index (χ4v) is 4.05. The summed E-state index contributed by atoms with van der Waals surface area (Å²) in [5.74, 6) is 1.01. The monoisotopic (exact) mass is 501 g/mol. The molecule has 178 valence electrons. The van der Waals surface area contributed by atoms with Crippen LogP contribution in [-0.2, 0) is 11.3 Å². The van der Waals surface area contributed by atoms with Gasteiger partial charge in [-0.1, -0.05) is 35.5 Å². The van der Waals surface area contributed by atoms with Gasteiger partial charge in [0.05, 0.1) is 10.7 Å². The molecule has 1 atom stereocenters.